The van der Waals surface area contributed by atoms with Crippen LogP contribution in [0.25, 0.3) is 0 Å². The van der Waals surface area contributed by atoms with E-state index in [1.54, 1.807) is 6.92 Å². The van der Waals surface area contributed by atoms with Crippen LogP contribution in [0, 0.1) is 5.92 Å². The minimum absolute atomic E-state index is 0.223. The minimum atomic E-state index is -4.05. The van der Waals surface area contributed by atoms with Gasteiger partial charge < -0.3 is 5.32 Å². The molecule has 1 saturated carbocycles. The van der Waals surface area contributed by atoms with Crippen molar-refractivity contribution in [2.45, 2.75) is 57.8 Å². The topological polar surface area (TPSA) is 12.0 Å². The third-order valence-corrected chi connectivity index (χ3v) is 2.94. The minimum Gasteiger partial charge on any atom is -0.311 e. The summed E-state index contributed by atoms with van der Waals surface area (Å²) < 4.78 is 36.0. The first-order chi connectivity index (χ1) is 6.38. The predicted octanol–water partition coefficient (Wildman–Crippen LogP) is 3.11. The third kappa shape index (κ3) is 3.86. The molecule has 0 aromatic carbocycles. The van der Waals surface area contributed by atoms with Crippen LogP contribution in [-0.2, 0) is 0 Å². The van der Waals surface area contributed by atoms with Crippen molar-refractivity contribution in [3.05, 3.63) is 0 Å². The fraction of sp³-hybridized carbons (Fsp3) is 1.00. The number of hydrogen-bond donors (Lipinski definition) is 1. The molecule has 1 rings (SSSR count). The number of halogens is 3. The zero-order chi connectivity index (χ0) is 10.8. The van der Waals surface area contributed by atoms with E-state index in [0.717, 1.165) is 12.8 Å². The number of hydrogen-bond acceptors (Lipinski definition) is 1. The van der Waals surface area contributed by atoms with Crippen molar-refractivity contribution in [1.29, 1.82) is 0 Å². The van der Waals surface area contributed by atoms with Gasteiger partial charge in [-0.1, -0.05) is 6.42 Å². The molecule has 0 aliphatic heterocycles. The van der Waals surface area contributed by atoms with Crippen LogP contribution in [0.3, 0.4) is 0 Å². The number of alkyl halides is 3. The molecule has 0 aromatic rings. The summed E-state index contributed by atoms with van der Waals surface area (Å²) in [7, 11) is 0. The summed E-state index contributed by atoms with van der Waals surface area (Å²) in [6, 6.07) is -0.244. The molecule has 2 unspecified atom stereocenters. The van der Waals surface area contributed by atoms with Crippen LogP contribution in [0.4, 0.5) is 13.2 Å². The smallest absolute Gasteiger partial charge is 0.311 e. The lowest BCUT2D eigenvalue weighted by molar-refractivity contribution is -0.139. The van der Waals surface area contributed by atoms with Crippen LogP contribution >= 0.6 is 0 Å². The maximum absolute atomic E-state index is 12.0. The van der Waals surface area contributed by atoms with Gasteiger partial charge in [-0.25, -0.2) is 0 Å². The molecule has 4 heteroatoms. The Morgan fingerprint density at radius 2 is 1.86 bits per heavy atom. The maximum Gasteiger partial charge on any atom is 0.390 e. The summed E-state index contributed by atoms with van der Waals surface area (Å²) in [5.41, 5.74) is 0. The molecule has 1 aliphatic rings. The first-order valence-corrected chi connectivity index (χ1v) is 5.21. The van der Waals surface area contributed by atoms with Gasteiger partial charge in [-0.15, -0.1) is 0 Å². The summed E-state index contributed by atoms with van der Waals surface area (Å²) in [6.45, 7) is 3.58. The maximum atomic E-state index is 12.0. The van der Waals surface area contributed by atoms with E-state index >= 15 is 0 Å². The lowest BCUT2D eigenvalue weighted by atomic mass is 9.80. The van der Waals surface area contributed by atoms with Crippen LogP contribution in [-0.4, -0.2) is 18.3 Å². The van der Waals surface area contributed by atoms with Gasteiger partial charge in [0.15, 0.2) is 0 Å². The molecule has 84 valence electrons. The molecule has 0 spiro atoms. The van der Waals surface area contributed by atoms with Crippen molar-refractivity contribution in [3.8, 4) is 0 Å². The first kappa shape index (κ1) is 11.8. The quantitative estimate of drug-likeness (QED) is 0.750. The highest BCUT2D eigenvalue weighted by Gasteiger charge is 2.32. The molecule has 2 atom stereocenters. The highest BCUT2D eigenvalue weighted by Crippen LogP contribution is 2.30. The monoisotopic (exact) mass is 209 g/mol. The molecule has 14 heavy (non-hydrogen) atoms. The van der Waals surface area contributed by atoms with E-state index in [9.17, 15) is 13.2 Å². The van der Waals surface area contributed by atoms with Gasteiger partial charge in [-0.3, -0.25) is 0 Å². The molecular weight excluding hydrogens is 191 g/mol. The summed E-state index contributed by atoms with van der Waals surface area (Å²) >= 11 is 0. The van der Waals surface area contributed by atoms with Gasteiger partial charge in [0, 0.05) is 12.1 Å². The van der Waals surface area contributed by atoms with Gasteiger partial charge in [0.25, 0.3) is 0 Å². The molecule has 0 saturated heterocycles. The Morgan fingerprint density at radius 1 is 1.29 bits per heavy atom. The van der Waals surface area contributed by atoms with Crippen LogP contribution in [0.2, 0.25) is 0 Å². The summed E-state index contributed by atoms with van der Waals surface area (Å²) in [6.07, 6.45) is -1.24. The molecule has 1 N–H and O–H groups in total. The molecule has 1 fully saturated rings. The normalized spacial score (nSPS) is 22.9. The van der Waals surface area contributed by atoms with Crippen molar-refractivity contribution < 1.29 is 13.2 Å². The Kier molecular flexibility index (Phi) is 3.81. The van der Waals surface area contributed by atoms with Crippen LogP contribution < -0.4 is 5.32 Å². The van der Waals surface area contributed by atoms with E-state index in [2.05, 4.69) is 5.32 Å². The second-order valence-corrected chi connectivity index (χ2v) is 4.37. The summed E-state index contributed by atoms with van der Waals surface area (Å²) in [5.74, 6) is 0.589. The summed E-state index contributed by atoms with van der Waals surface area (Å²) in [5, 5.41) is 3.02. The standard InChI is InChI=1S/C10H18F3N/c1-7(6-10(11,12)13)14-8(2)9-4-3-5-9/h7-9,14H,3-6H2,1-2H3. The second kappa shape index (κ2) is 4.51. The van der Waals surface area contributed by atoms with Crippen molar-refractivity contribution in [3.63, 3.8) is 0 Å². The van der Waals surface area contributed by atoms with Crippen molar-refractivity contribution >= 4 is 0 Å². The van der Waals surface area contributed by atoms with E-state index < -0.39 is 18.6 Å². The molecule has 0 bridgehead atoms. The van der Waals surface area contributed by atoms with E-state index in [4.69, 9.17) is 0 Å². The van der Waals surface area contributed by atoms with Crippen molar-refractivity contribution in [1.82, 2.24) is 5.32 Å². The fourth-order valence-corrected chi connectivity index (χ4v) is 1.93. The Morgan fingerprint density at radius 3 is 2.21 bits per heavy atom. The van der Waals surface area contributed by atoms with Gasteiger partial charge in [0.05, 0.1) is 6.42 Å². The van der Waals surface area contributed by atoms with Gasteiger partial charge in [-0.05, 0) is 32.6 Å². The highest BCUT2D eigenvalue weighted by molar-refractivity contribution is 4.81. The molecule has 0 aromatic heterocycles. The van der Waals surface area contributed by atoms with E-state index in [-0.39, 0.29) is 6.04 Å². The van der Waals surface area contributed by atoms with Gasteiger partial charge in [0.1, 0.15) is 0 Å². The SMILES string of the molecule is CC(CC(F)(F)F)NC(C)C1CCC1. The second-order valence-electron chi connectivity index (χ2n) is 4.37. The molecule has 0 heterocycles. The fourth-order valence-electron chi connectivity index (χ4n) is 1.93. The first-order valence-electron chi connectivity index (χ1n) is 5.21. The lowest BCUT2D eigenvalue weighted by Gasteiger charge is -2.34. The van der Waals surface area contributed by atoms with Crippen molar-refractivity contribution in [2.75, 3.05) is 0 Å². The molecule has 0 radical (unpaired) electrons. The zero-order valence-electron chi connectivity index (χ0n) is 8.69. The molecule has 1 nitrogen and oxygen atoms in total. The average molecular weight is 209 g/mol. The van der Waals surface area contributed by atoms with Gasteiger partial charge in [-0.2, -0.15) is 13.2 Å². The van der Waals surface area contributed by atoms with Gasteiger partial charge in [0.2, 0.25) is 0 Å². The van der Waals surface area contributed by atoms with Crippen LogP contribution in [0.5, 0.6) is 0 Å². The molecule has 1 aliphatic carbocycles. The molecule has 0 amide bonds. The van der Waals surface area contributed by atoms with E-state index in [0.29, 0.717) is 5.92 Å². The van der Waals surface area contributed by atoms with Crippen LogP contribution in [0.15, 0.2) is 0 Å². The number of nitrogens with one attached hydrogen (secondary N) is 1. The Balaban J connectivity index is 2.21. The summed E-state index contributed by atoms with van der Waals surface area (Å²) in [4.78, 5) is 0. The third-order valence-electron chi connectivity index (χ3n) is 2.94. The van der Waals surface area contributed by atoms with Crippen molar-refractivity contribution in [2.24, 2.45) is 5.92 Å². The lowest BCUT2D eigenvalue weighted by Crippen LogP contribution is -2.43. The number of rotatable bonds is 4. The Labute approximate surface area is 83.1 Å². The molecular formula is C10H18F3N. The predicted molar refractivity (Wildman–Crippen MR) is 50.1 cm³/mol. The zero-order valence-corrected chi connectivity index (χ0v) is 8.69. The van der Waals surface area contributed by atoms with Gasteiger partial charge >= 0.3 is 6.18 Å². The largest absolute Gasteiger partial charge is 0.390 e. The van der Waals surface area contributed by atoms with E-state index in [1.807, 2.05) is 6.92 Å². The Bertz CT molecular complexity index is 175. The average Bonchev–Trinajstić information content (AvgIpc) is 1.75. The Hall–Kier alpha value is -0.250. The van der Waals surface area contributed by atoms with Crippen LogP contribution in [0.1, 0.15) is 39.5 Å². The highest BCUT2D eigenvalue weighted by atomic mass is 19.4. The van der Waals surface area contributed by atoms with E-state index in [1.165, 1.54) is 6.42 Å².